The fraction of sp³-hybridized carbons (Fsp3) is 0.524. The zero-order chi connectivity index (χ0) is 29.1. The minimum Gasteiger partial charge on any atom is -0.475 e. The summed E-state index contributed by atoms with van der Waals surface area (Å²) in [6.45, 7) is 4.04. The van der Waals surface area contributed by atoms with Crippen LogP contribution in [0.3, 0.4) is 0 Å². The van der Waals surface area contributed by atoms with Gasteiger partial charge in [0.05, 0.1) is 24.8 Å². The molecule has 17 heteroatoms. The SMILES string of the molecule is CN(C)C(=O)COCC1CN(Cc2ccoc2)Cc2ccnn2C1.O=C(O)C(F)(F)F.O=C(O)C(F)(F)F. The van der Waals surface area contributed by atoms with Gasteiger partial charge in [-0.1, -0.05) is 0 Å². The number of rotatable bonds is 6. The Balaban J connectivity index is 0.000000426. The van der Waals surface area contributed by atoms with Gasteiger partial charge in [0.15, 0.2) is 0 Å². The summed E-state index contributed by atoms with van der Waals surface area (Å²) >= 11 is 0. The lowest BCUT2D eigenvalue weighted by Crippen LogP contribution is -2.32. The van der Waals surface area contributed by atoms with Gasteiger partial charge in [-0.2, -0.15) is 31.4 Å². The van der Waals surface area contributed by atoms with Gasteiger partial charge in [-0.3, -0.25) is 14.4 Å². The Morgan fingerprint density at radius 3 is 2.13 bits per heavy atom. The second-order valence-corrected chi connectivity index (χ2v) is 8.08. The van der Waals surface area contributed by atoms with E-state index in [1.165, 1.54) is 5.69 Å². The first-order valence-corrected chi connectivity index (χ1v) is 10.6. The molecule has 11 nitrogen and oxygen atoms in total. The summed E-state index contributed by atoms with van der Waals surface area (Å²) in [5, 5.41) is 18.7. The second kappa shape index (κ2) is 14.4. The van der Waals surface area contributed by atoms with Crippen LogP contribution in [0.25, 0.3) is 0 Å². The highest BCUT2D eigenvalue weighted by Crippen LogP contribution is 2.19. The predicted octanol–water partition coefficient (Wildman–Crippen LogP) is 2.48. The van der Waals surface area contributed by atoms with E-state index in [1.807, 2.05) is 16.9 Å². The van der Waals surface area contributed by atoms with Crippen molar-refractivity contribution in [3.8, 4) is 0 Å². The van der Waals surface area contributed by atoms with Crippen molar-refractivity contribution in [3.63, 3.8) is 0 Å². The number of fused-ring (bicyclic) bond motifs is 1. The van der Waals surface area contributed by atoms with Crippen molar-refractivity contribution in [1.82, 2.24) is 19.6 Å². The molecule has 3 rings (SSSR count). The van der Waals surface area contributed by atoms with Gasteiger partial charge >= 0.3 is 24.3 Å². The van der Waals surface area contributed by atoms with Crippen LogP contribution in [-0.2, 0) is 38.8 Å². The van der Waals surface area contributed by atoms with E-state index in [-0.39, 0.29) is 18.4 Å². The molecule has 3 heterocycles. The van der Waals surface area contributed by atoms with Crippen LogP contribution >= 0.6 is 0 Å². The molecule has 1 atom stereocenters. The number of carbonyl (C=O) groups is 3. The number of furan rings is 1. The molecule has 2 aromatic heterocycles. The number of carboxylic acid groups (broad SMARTS) is 2. The highest BCUT2D eigenvalue weighted by molar-refractivity contribution is 5.76. The van der Waals surface area contributed by atoms with Crippen LogP contribution in [0, 0.1) is 5.92 Å². The monoisotopic (exact) mass is 560 g/mol. The minimum absolute atomic E-state index is 0.0151. The predicted molar refractivity (Wildman–Crippen MR) is 115 cm³/mol. The highest BCUT2D eigenvalue weighted by atomic mass is 19.4. The molecule has 0 spiro atoms. The lowest BCUT2D eigenvalue weighted by molar-refractivity contribution is -0.193. The van der Waals surface area contributed by atoms with Gasteiger partial charge in [0.1, 0.15) is 6.61 Å². The second-order valence-electron chi connectivity index (χ2n) is 8.08. The summed E-state index contributed by atoms with van der Waals surface area (Å²) in [6, 6.07) is 4.05. The zero-order valence-electron chi connectivity index (χ0n) is 20.2. The molecule has 1 aliphatic heterocycles. The number of hydrogen-bond acceptors (Lipinski definition) is 7. The quantitative estimate of drug-likeness (QED) is 0.511. The fourth-order valence-corrected chi connectivity index (χ4v) is 2.93. The zero-order valence-corrected chi connectivity index (χ0v) is 20.2. The first-order valence-electron chi connectivity index (χ1n) is 10.6. The van der Waals surface area contributed by atoms with E-state index in [2.05, 4.69) is 16.1 Å². The fourth-order valence-electron chi connectivity index (χ4n) is 2.93. The lowest BCUT2D eigenvalue weighted by atomic mass is 10.1. The molecule has 1 aliphatic rings. The molecule has 0 aromatic carbocycles. The van der Waals surface area contributed by atoms with E-state index >= 15 is 0 Å². The van der Waals surface area contributed by atoms with Crippen molar-refractivity contribution in [2.75, 3.05) is 33.9 Å². The van der Waals surface area contributed by atoms with Crippen LogP contribution in [-0.4, -0.2) is 93.8 Å². The van der Waals surface area contributed by atoms with Gasteiger partial charge in [0.2, 0.25) is 5.91 Å². The van der Waals surface area contributed by atoms with Gasteiger partial charge in [0.25, 0.3) is 0 Å². The molecule has 1 unspecified atom stereocenters. The Hall–Kier alpha value is -3.60. The van der Waals surface area contributed by atoms with Gasteiger partial charge in [-0.25, -0.2) is 9.59 Å². The Morgan fingerprint density at radius 2 is 1.66 bits per heavy atom. The first-order chi connectivity index (χ1) is 17.5. The van der Waals surface area contributed by atoms with E-state index in [9.17, 15) is 31.1 Å². The van der Waals surface area contributed by atoms with Gasteiger partial charge in [-0.15, -0.1) is 0 Å². The van der Waals surface area contributed by atoms with Crippen LogP contribution in [0.5, 0.6) is 0 Å². The number of amides is 1. The van der Waals surface area contributed by atoms with Crippen LogP contribution in [0.15, 0.2) is 35.3 Å². The molecule has 0 fully saturated rings. The number of aromatic nitrogens is 2. The average Bonchev–Trinajstić information content (AvgIpc) is 3.42. The Morgan fingerprint density at radius 1 is 1.08 bits per heavy atom. The maximum atomic E-state index is 11.6. The van der Waals surface area contributed by atoms with E-state index in [4.69, 9.17) is 29.0 Å². The smallest absolute Gasteiger partial charge is 0.475 e. The highest BCUT2D eigenvalue weighted by Gasteiger charge is 2.38. The topological polar surface area (TPSA) is 138 Å². The minimum atomic E-state index is -5.08. The number of aliphatic carboxylic acids is 2. The van der Waals surface area contributed by atoms with Crippen molar-refractivity contribution in [2.24, 2.45) is 5.92 Å². The largest absolute Gasteiger partial charge is 0.490 e. The van der Waals surface area contributed by atoms with Gasteiger partial charge in [-0.05, 0) is 12.1 Å². The lowest BCUT2D eigenvalue weighted by Gasteiger charge is -2.23. The third-order valence-electron chi connectivity index (χ3n) is 4.69. The third kappa shape index (κ3) is 12.1. The van der Waals surface area contributed by atoms with E-state index in [0.717, 1.165) is 31.7 Å². The van der Waals surface area contributed by atoms with Crippen molar-refractivity contribution < 1.29 is 60.1 Å². The summed E-state index contributed by atoms with van der Waals surface area (Å²) in [6.07, 6.45) is -4.85. The molecule has 214 valence electrons. The number of carbonyl (C=O) groups excluding carboxylic acids is 1. The Kier molecular flexibility index (Phi) is 12.3. The summed E-state index contributed by atoms with van der Waals surface area (Å²) in [5.74, 6) is -5.24. The molecule has 0 saturated heterocycles. The molecular formula is C21H26F6N4O7. The first kappa shape index (κ1) is 32.4. The normalized spacial score (nSPS) is 15.6. The van der Waals surface area contributed by atoms with Crippen molar-refractivity contribution in [1.29, 1.82) is 0 Å². The van der Waals surface area contributed by atoms with Gasteiger partial charge < -0.3 is 24.3 Å². The number of hydrogen-bond donors (Lipinski definition) is 2. The third-order valence-corrected chi connectivity index (χ3v) is 4.69. The number of alkyl halides is 6. The summed E-state index contributed by atoms with van der Waals surface area (Å²) in [7, 11) is 3.47. The van der Waals surface area contributed by atoms with Gasteiger partial charge in [0, 0.05) is 58.0 Å². The number of carboxylic acids is 2. The Labute approximate surface area is 212 Å². The number of likely N-dealkylation sites (N-methyl/N-ethyl adjacent to an activating group) is 1. The number of nitrogens with zero attached hydrogens (tertiary/aromatic N) is 4. The van der Waals surface area contributed by atoms with Crippen molar-refractivity contribution in [2.45, 2.75) is 32.0 Å². The maximum Gasteiger partial charge on any atom is 0.490 e. The Bertz CT molecular complexity index is 998. The molecule has 0 radical (unpaired) electrons. The van der Waals surface area contributed by atoms with Crippen molar-refractivity contribution in [3.05, 3.63) is 42.1 Å². The average molecular weight is 560 g/mol. The van der Waals surface area contributed by atoms with Crippen LogP contribution in [0.4, 0.5) is 26.3 Å². The molecule has 2 N–H and O–H groups in total. The molecule has 0 saturated carbocycles. The number of halogens is 6. The molecule has 1 amide bonds. The molecule has 38 heavy (non-hydrogen) atoms. The van der Waals surface area contributed by atoms with Crippen LogP contribution in [0.1, 0.15) is 11.3 Å². The summed E-state index contributed by atoms with van der Waals surface area (Å²) in [4.78, 5) is 33.4. The molecule has 2 aromatic rings. The van der Waals surface area contributed by atoms with E-state index < -0.39 is 24.3 Å². The van der Waals surface area contributed by atoms with E-state index in [1.54, 1.807) is 31.5 Å². The van der Waals surface area contributed by atoms with Crippen LogP contribution in [0.2, 0.25) is 0 Å². The molecule has 0 aliphatic carbocycles. The van der Waals surface area contributed by atoms with E-state index in [0.29, 0.717) is 6.61 Å². The summed E-state index contributed by atoms with van der Waals surface area (Å²) < 4.78 is 76.3. The molecule has 0 bridgehead atoms. The van der Waals surface area contributed by atoms with Crippen LogP contribution < -0.4 is 0 Å². The summed E-state index contributed by atoms with van der Waals surface area (Å²) in [5.41, 5.74) is 2.36. The standard InChI is InChI=1S/C17H24N4O3.2C2HF3O2/c1-19(2)17(22)13-24-12-15-8-20(7-14-4-6-23-11-14)10-16-3-5-18-21(16)9-15;2*3-2(4,5)1(6)7/h3-6,11,15H,7-10,12-13H2,1-2H3;2*(H,6,7). The maximum absolute atomic E-state index is 11.6. The number of ether oxygens (including phenoxy) is 1. The molecular weight excluding hydrogens is 534 g/mol. The van der Waals surface area contributed by atoms with Crippen molar-refractivity contribution >= 4 is 17.8 Å².